The minimum absolute atomic E-state index is 0.0732. The van der Waals surface area contributed by atoms with Crippen molar-refractivity contribution in [2.24, 2.45) is 0 Å². The van der Waals surface area contributed by atoms with E-state index in [1.54, 1.807) is 4.90 Å². The maximum atomic E-state index is 12.5. The molecule has 1 heterocycles. The van der Waals surface area contributed by atoms with Gasteiger partial charge in [-0.1, -0.05) is 19.3 Å². The van der Waals surface area contributed by atoms with E-state index in [1.165, 1.54) is 19.3 Å². The van der Waals surface area contributed by atoms with Gasteiger partial charge in [-0.3, -0.25) is 4.79 Å². The molecule has 0 aromatic rings. The number of hydrogen-bond acceptors (Lipinski definition) is 3. The molecule has 3 aliphatic rings. The number of morpholine rings is 1. The van der Waals surface area contributed by atoms with E-state index in [0.29, 0.717) is 25.8 Å². The zero-order chi connectivity index (χ0) is 14.7. The van der Waals surface area contributed by atoms with Crippen LogP contribution in [0.3, 0.4) is 0 Å². The van der Waals surface area contributed by atoms with Crippen molar-refractivity contribution in [2.45, 2.75) is 63.1 Å². The van der Waals surface area contributed by atoms with Crippen molar-refractivity contribution >= 4 is 11.9 Å². The molecule has 1 saturated heterocycles. The smallest absolute Gasteiger partial charge is 0.318 e. The maximum absolute atomic E-state index is 12.5. The molecule has 0 aromatic carbocycles. The van der Waals surface area contributed by atoms with E-state index in [9.17, 15) is 9.59 Å². The highest BCUT2D eigenvalue weighted by Gasteiger charge is 2.36. The highest BCUT2D eigenvalue weighted by atomic mass is 16.5. The number of ether oxygens (including phenoxy) is 1. The predicted octanol–water partition coefficient (Wildman–Crippen LogP) is 1.01. The van der Waals surface area contributed by atoms with Crippen LogP contribution in [-0.4, -0.2) is 54.7 Å². The minimum Gasteiger partial charge on any atom is -0.377 e. The van der Waals surface area contributed by atoms with E-state index >= 15 is 0 Å². The van der Waals surface area contributed by atoms with E-state index in [1.807, 2.05) is 0 Å². The summed E-state index contributed by atoms with van der Waals surface area (Å²) in [4.78, 5) is 26.4. The first kappa shape index (κ1) is 14.6. The summed E-state index contributed by atoms with van der Waals surface area (Å²) in [7, 11) is 0. The molecular formula is C15H25N3O3. The lowest BCUT2D eigenvalue weighted by Crippen LogP contribution is -2.59. The average Bonchev–Trinajstić information content (AvgIpc) is 3.32. The van der Waals surface area contributed by atoms with Gasteiger partial charge in [0.25, 0.3) is 0 Å². The second-order valence-corrected chi connectivity index (χ2v) is 6.35. The number of hydrogen-bond donors (Lipinski definition) is 2. The summed E-state index contributed by atoms with van der Waals surface area (Å²) in [6, 6.07) is -0.0204. The normalized spacial score (nSPS) is 27.2. The third-order valence-electron chi connectivity index (χ3n) is 4.55. The van der Waals surface area contributed by atoms with E-state index < -0.39 is 6.04 Å². The monoisotopic (exact) mass is 295 g/mol. The minimum atomic E-state index is -0.483. The van der Waals surface area contributed by atoms with E-state index in [0.717, 1.165) is 25.7 Å². The third kappa shape index (κ3) is 3.87. The molecule has 3 rings (SSSR count). The largest absolute Gasteiger partial charge is 0.377 e. The summed E-state index contributed by atoms with van der Waals surface area (Å²) in [5.74, 6) is -0.0732. The Morgan fingerprint density at radius 1 is 0.952 bits per heavy atom. The standard InChI is InChI=1S/C15H25N3O3/c19-14(16-12-6-7-12)13-10-21-9-8-18(13)15(20)17-11-4-2-1-3-5-11/h11-13H,1-10H2,(H,16,19)(H,17,20). The summed E-state index contributed by atoms with van der Waals surface area (Å²) >= 11 is 0. The molecule has 1 atom stereocenters. The van der Waals surface area contributed by atoms with Gasteiger partial charge < -0.3 is 20.3 Å². The predicted molar refractivity (Wildman–Crippen MR) is 77.9 cm³/mol. The quantitative estimate of drug-likeness (QED) is 0.816. The van der Waals surface area contributed by atoms with Gasteiger partial charge in [0.2, 0.25) is 5.91 Å². The Hall–Kier alpha value is -1.30. The van der Waals surface area contributed by atoms with E-state index in [-0.39, 0.29) is 18.0 Å². The Morgan fingerprint density at radius 2 is 1.67 bits per heavy atom. The van der Waals surface area contributed by atoms with Crippen LogP contribution in [0.25, 0.3) is 0 Å². The van der Waals surface area contributed by atoms with Gasteiger partial charge in [0, 0.05) is 18.6 Å². The van der Waals surface area contributed by atoms with Crippen LogP contribution in [0, 0.1) is 0 Å². The lowest BCUT2D eigenvalue weighted by Gasteiger charge is -2.36. The molecule has 1 unspecified atom stereocenters. The van der Waals surface area contributed by atoms with Gasteiger partial charge in [0.05, 0.1) is 13.2 Å². The number of nitrogens with one attached hydrogen (secondary N) is 2. The molecular weight excluding hydrogens is 270 g/mol. The third-order valence-corrected chi connectivity index (χ3v) is 4.55. The molecule has 3 amide bonds. The molecule has 118 valence electrons. The Labute approximate surface area is 125 Å². The maximum Gasteiger partial charge on any atom is 0.318 e. The lowest BCUT2D eigenvalue weighted by molar-refractivity contribution is -0.130. The highest BCUT2D eigenvalue weighted by Crippen LogP contribution is 2.20. The van der Waals surface area contributed by atoms with Gasteiger partial charge in [-0.25, -0.2) is 4.79 Å². The van der Waals surface area contributed by atoms with Crippen LogP contribution in [0.2, 0.25) is 0 Å². The second-order valence-electron chi connectivity index (χ2n) is 6.35. The Kier molecular flexibility index (Phi) is 4.63. The van der Waals surface area contributed by atoms with Gasteiger partial charge >= 0.3 is 6.03 Å². The molecule has 6 nitrogen and oxygen atoms in total. The van der Waals surface area contributed by atoms with Gasteiger partial charge in [0.1, 0.15) is 6.04 Å². The van der Waals surface area contributed by atoms with Gasteiger partial charge in [-0.05, 0) is 25.7 Å². The molecule has 1 aliphatic heterocycles. The number of urea groups is 1. The van der Waals surface area contributed by atoms with Crippen molar-refractivity contribution in [3.63, 3.8) is 0 Å². The second kappa shape index (κ2) is 6.64. The van der Waals surface area contributed by atoms with Crippen LogP contribution in [-0.2, 0) is 9.53 Å². The molecule has 21 heavy (non-hydrogen) atoms. The van der Waals surface area contributed by atoms with Crippen LogP contribution < -0.4 is 10.6 Å². The first-order valence-electron chi connectivity index (χ1n) is 8.19. The fraction of sp³-hybridized carbons (Fsp3) is 0.867. The molecule has 0 bridgehead atoms. The first-order valence-corrected chi connectivity index (χ1v) is 8.19. The lowest BCUT2D eigenvalue weighted by atomic mass is 9.96. The van der Waals surface area contributed by atoms with Crippen molar-refractivity contribution in [3.05, 3.63) is 0 Å². The SMILES string of the molecule is O=C(NC1CC1)C1COCCN1C(=O)NC1CCCCC1. The fourth-order valence-corrected chi connectivity index (χ4v) is 3.09. The Bertz CT molecular complexity index is 392. The summed E-state index contributed by atoms with van der Waals surface area (Å²) in [5, 5.41) is 6.07. The zero-order valence-corrected chi connectivity index (χ0v) is 12.5. The average molecular weight is 295 g/mol. The first-order chi connectivity index (χ1) is 10.2. The molecule has 2 saturated carbocycles. The molecule has 0 spiro atoms. The number of carbonyl (C=O) groups is 2. The van der Waals surface area contributed by atoms with Gasteiger partial charge in [-0.2, -0.15) is 0 Å². The molecule has 6 heteroatoms. The Balaban J connectivity index is 1.56. The van der Waals surface area contributed by atoms with Crippen molar-refractivity contribution in [1.82, 2.24) is 15.5 Å². The fourth-order valence-electron chi connectivity index (χ4n) is 3.09. The molecule has 2 N–H and O–H groups in total. The van der Waals surface area contributed by atoms with Crippen LogP contribution in [0.15, 0.2) is 0 Å². The number of carbonyl (C=O) groups excluding carboxylic acids is 2. The molecule has 3 fully saturated rings. The molecule has 0 radical (unpaired) electrons. The van der Waals surface area contributed by atoms with Crippen molar-refractivity contribution in [1.29, 1.82) is 0 Å². The van der Waals surface area contributed by atoms with E-state index in [2.05, 4.69) is 10.6 Å². The number of nitrogens with zero attached hydrogens (tertiary/aromatic N) is 1. The molecule has 0 aromatic heterocycles. The summed E-state index contributed by atoms with van der Waals surface area (Å²) in [6.45, 7) is 1.29. The number of rotatable bonds is 3. The summed E-state index contributed by atoms with van der Waals surface area (Å²) < 4.78 is 5.39. The number of amides is 3. The van der Waals surface area contributed by atoms with Crippen LogP contribution >= 0.6 is 0 Å². The van der Waals surface area contributed by atoms with Crippen LogP contribution in [0.4, 0.5) is 4.79 Å². The van der Waals surface area contributed by atoms with Crippen molar-refractivity contribution < 1.29 is 14.3 Å². The van der Waals surface area contributed by atoms with Crippen LogP contribution in [0.1, 0.15) is 44.9 Å². The van der Waals surface area contributed by atoms with Gasteiger partial charge in [0.15, 0.2) is 0 Å². The van der Waals surface area contributed by atoms with Crippen molar-refractivity contribution in [3.8, 4) is 0 Å². The highest BCUT2D eigenvalue weighted by molar-refractivity contribution is 5.87. The van der Waals surface area contributed by atoms with Gasteiger partial charge in [-0.15, -0.1) is 0 Å². The zero-order valence-electron chi connectivity index (χ0n) is 12.5. The molecule has 2 aliphatic carbocycles. The Morgan fingerprint density at radius 3 is 2.38 bits per heavy atom. The summed E-state index contributed by atoms with van der Waals surface area (Å²) in [6.07, 6.45) is 7.82. The summed E-state index contributed by atoms with van der Waals surface area (Å²) in [5.41, 5.74) is 0. The van der Waals surface area contributed by atoms with Crippen molar-refractivity contribution in [2.75, 3.05) is 19.8 Å². The van der Waals surface area contributed by atoms with E-state index in [4.69, 9.17) is 4.74 Å². The topological polar surface area (TPSA) is 70.7 Å². The van der Waals surface area contributed by atoms with Crippen LogP contribution in [0.5, 0.6) is 0 Å².